The average molecular weight is 205 g/mol. The van der Waals surface area contributed by atoms with E-state index >= 15 is 0 Å². The summed E-state index contributed by atoms with van der Waals surface area (Å²) in [5.41, 5.74) is 1.13. The maximum atomic E-state index is 5.48. The lowest BCUT2D eigenvalue weighted by molar-refractivity contribution is 0.110. The predicted octanol–water partition coefficient (Wildman–Crippen LogP) is 2.95. The molecule has 0 aromatic heterocycles. The summed E-state index contributed by atoms with van der Waals surface area (Å²) < 4.78 is 10.6. The predicted molar refractivity (Wildman–Crippen MR) is 62.8 cm³/mol. The zero-order chi connectivity index (χ0) is 10.9. The van der Waals surface area contributed by atoms with E-state index in [4.69, 9.17) is 9.47 Å². The fourth-order valence-electron chi connectivity index (χ4n) is 1.17. The van der Waals surface area contributed by atoms with Crippen molar-refractivity contribution < 1.29 is 9.47 Å². The highest BCUT2D eigenvalue weighted by Gasteiger charge is 1.93. The fourth-order valence-corrected chi connectivity index (χ4v) is 1.17. The molecule has 0 bridgehead atoms. The molecular weight excluding hydrogens is 188 g/mol. The number of hydrogen-bond acceptors (Lipinski definition) is 2. The summed E-state index contributed by atoms with van der Waals surface area (Å²) in [6.07, 6.45) is 3.72. The van der Waals surface area contributed by atoms with Crippen LogP contribution < -0.4 is 4.74 Å². The van der Waals surface area contributed by atoms with Gasteiger partial charge in [0.25, 0.3) is 0 Å². The minimum Gasteiger partial charge on any atom is -0.491 e. The third-order valence-corrected chi connectivity index (χ3v) is 1.89. The third-order valence-electron chi connectivity index (χ3n) is 1.89. The number of benzene rings is 1. The second kappa shape index (κ2) is 7.07. The molecule has 0 unspecified atom stereocenters. The monoisotopic (exact) mass is 205 g/mol. The van der Waals surface area contributed by atoms with E-state index in [1.54, 1.807) is 6.08 Å². The summed E-state index contributed by atoms with van der Waals surface area (Å²) in [6, 6.07) is 7.89. The molecular formula is C13H17O2. The molecule has 0 N–H and O–H groups in total. The molecule has 0 aliphatic rings. The van der Waals surface area contributed by atoms with Gasteiger partial charge in [0.1, 0.15) is 12.4 Å². The molecule has 0 saturated heterocycles. The molecule has 15 heavy (non-hydrogen) atoms. The van der Waals surface area contributed by atoms with E-state index in [9.17, 15) is 0 Å². The fraction of sp³-hybridized carbons (Fsp3) is 0.308. The molecule has 0 saturated carbocycles. The van der Waals surface area contributed by atoms with Gasteiger partial charge in [-0.1, -0.05) is 24.3 Å². The minimum atomic E-state index is 0.596. The van der Waals surface area contributed by atoms with E-state index in [2.05, 4.69) is 6.92 Å². The Morgan fingerprint density at radius 3 is 2.53 bits per heavy atom. The molecule has 2 nitrogen and oxygen atoms in total. The van der Waals surface area contributed by atoms with Gasteiger partial charge in [0, 0.05) is 6.61 Å². The van der Waals surface area contributed by atoms with Crippen LogP contribution in [-0.4, -0.2) is 19.8 Å². The molecule has 0 atom stereocenters. The topological polar surface area (TPSA) is 18.5 Å². The first-order chi connectivity index (χ1) is 7.36. The average Bonchev–Trinajstić information content (AvgIpc) is 2.27. The molecule has 1 aromatic rings. The summed E-state index contributed by atoms with van der Waals surface area (Å²) in [4.78, 5) is 0. The molecule has 0 amide bonds. The van der Waals surface area contributed by atoms with Crippen LogP contribution in [0.3, 0.4) is 0 Å². The standard InChI is InChI=1S/C13H17O2/c1-3-5-12-6-8-13(9-7-12)15-11-10-14-4-2/h3,5-9H,1,4,10-11H2,2H3/b5-3-. The number of hydrogen-bond donors (Lipinski definition) is 0. The van der Waals surface area contributed by atoms with Gasteiger partial charge in [0.2, 0.25) is 0 Å². The van der Waals surface area contributed by atoms with Crippen LogP contribution in [0.1, 0.15) is 12.5 Å². The van der Waals surface area contributed by atoms with Gasteiger partial charge in [-0.3, -0.25) is 0 Å². The highest BCUT2D eigenvalue weighted by atomic mass is 16.5. The van der Waals surface area contributed by atoms with Gasteiger partial charge in [-0.2, -0.15) is 0 Å². The molecule has 0 heterocycles. The quantitative estimate of drug-likeness (QED) is 0.665. The van der Waals surface area contributed by atoms with E-state index in [0.29, 0.717) is 13.2 Å². The number of rotatable bonds is 6. The first-order valence-corrected chi connectivity index (χ1v) is 5.13. The van der Waals surface area contributed by atoms with Gasteiger partial charge in [0.05, 0.1) is 6.61 Å². The van der Waals surface area contributed by atoms with Crippen LogP contribution in [0, 0.1) is 6.92 Å². The highest BCUT2D eigenvalue weighted by molar-refractivity contribution is 5.50. The molecule has 0 aliphatic heterocycles. The zero-order valence-electron chi connectivity index (χ0n) is 9.11. The van der Waals surface area contributed by atoms with Crippen LogP contribution in [0.5, 0.6) is 5.75 Å². The van der Waals surface area contributed by atoms with Gasteiger partial charge in [0.15, 0.2) is 0 Å². The van der Waals surface area contributed by atoms with Crippen LogP contribution in [0.25, 0.3) is 6.08 Å². The zero-order valence-corrected chi connectivity index (χ0v) is 9.11. The molecule has 81 valence electrons. The maximum Gasteiger partial charge on any atom is 0.119 e. The van der Waals surface area contributed by atoms with Crippen molar-refractivity contribution in [2.45, 2.75) is 6.92 Å². The molecule has 1 rings (SSSR count). The SMILES string of the molecule is [CH2]/C=C\c1ccc(OCCOCC)cc1. The lowest BCUT2D eigenvalue weighted by Crippen LogP contribution is -2.06. The number of ether oxygens (including phenoxy) is 2. The van der Waals surface area contributed by atoms with Crippen LogP contribution in [-0.2, 0) is 4.74 Å². The molecule has 1 radical (unpaired) electrons. The van der Waals surface area contributed by atoms with Crippen molar-refractivity contribution in [1.82, 2.24) is 0 Å². The van der Waals surface area contributed by atoms with E-state index in [1.807, 2.05) is 37.3 Å². The Balaban J connectivity index is 2.36. The Morgan fingerprint density at radius 1 is 1.20 bits per heavy atom. The molecule has 0 fully saturated rings. The summed E-state index contributed by atoms with van der Waals surface area (Å²) >= 11 is 0. The highest BCUT2D eigenvalue weighted by Crippen LogP contribution is 2.12. The summed E-state index contributed by atoms with van der Waals surface area (Å²) in [7, 11) is 0. The van der Waals surface area contributed by atoms with E-state index in [1.165, 1.54) is 0 Å². The van der Waals surface area contributed by atoms with Gasteiger partial charge in [-0.25, -0.2) is 0 Å². The molecule has 1 aromatic carbocycles. The Labute approximate surface area is 91.5 Å². The first-order valence-electron chi connectivity index (χ1n) is 5.13. The Kier molecular flexibility index (Phi) is 5.56. The Bertz CT molecular complexity index is 288. The smallest absolute Gasteiger partial charge is 0.119 e. The molecule has 2 heteroatoms. The Hall–Kier alpha value is -1.28. The van der Waals surface area contributed by atoms with Crippen LogP contribution in [0.15, 0.2) is 30.3 Å². The summed E-state index contributed by atoms with van der Waals surface area (Å²) in [5, 5.41) is 0. The van der Waals surface area contributed by atoms with Crippen molar-refractivity contribution in [3.8, 4) is 5.75 Å². The largest absolute Gasteiger partial charge is 0.491 e. The van der Waals surface area contributed by atoms with Crippen LogP contribution >= 0.6 is 0 Å². The van der Waals surface area contributed by atoms with Crippen LogP contribution in [0.2, 0.25) is 0 Å². The van der Waals surface area contributed by atoms with Crippen molar-refractivity contribution in [3.63, 3.8) is 0 Å². The molecule has 0 aliphatic carbocycles. The molecule has 0 spiro atoms. The van der Waals surface area contributed by atoms with Gasteiger partial charge in [-0.05, 0) is 31.5 Å². The van der Waals surface area contributed by atoms with E-state index < -0.39 is 0 Å². The number of allylic oxidation sites excluding steroid dienone is 1. The van der Waals surface area contributed by atoms with Crippen molar-refractivity contribution in [2.75, 3.05) is 19.8 Å². The lowest BCUT2D eigenvalue weighted by atomic mass is 10.2. The summed E-state index contributed by atoms with van der Waals surface area (Å²) in [6.45, 7) is 7.58. The maximum absolute atomic E-state index is 5.48. The lowest BCUT2D eigenvalue weighted by Gasteiger charge is -2.06. The second-order valence-electron chi connectivity index (χ2n) is 3.02. The van der Waals surface area contributed by atoms with Crippen LogP contribution in [0.4, 0.5) is 0 Å². The third kappa shape index (κ3) is 4.66. The summed E-state index contributed by atoms with van der Waals surface area (Å²) in [5.74, 6) is 0.871. The van der Waals surface area contributed by atoms with Gasteiger partial charge in [-0.15, -0.1) is 0 Å². The van der Waals surface area contributed by atoms with Crippen molar-refractivity contribution in [2.24, 2.45) is 0 Å². The minimum absolute atomic E-state index is 0.596. The van der Waals surface area contributed by atoms with E-state index in [0.717, 1.165) is 17.9 Å². The van der Waals surface area contributed by atoms with Crippen molar-refractivity contribution >= 4 is 6.08 Å². The first kappa shape index (κ1) is 11.8. The second-order valence-corrected chi connectivity index (χ2v) is 3.02. The van der Waals surface area contributed by atoms with Crippen molar-refractivity contribution in [3.05, 3.63) is 42.8 Å². The van der Waals surface area contributed by atoms with Gasteiger partial charge < -0.3 is 9.47 Å². The van der Waals surface area contributed by atoms with E-state index in [-0.39, 0.29) is 0 Å². The Morgan fingerprint density at radius 2 is 1.93 bits per heavy atom. The van der Waals surface area contributed by atoms with Gasteiger partial charge >= 0.3 is 0 Å². The van der Waals surface area contributed by atoms with Crippen molar-refractivity contribution in [1.29, 1.82) is 0 Å². The normalized spacial score (nSPS) is 10.8.